The van der Waals surface area contributed by atoms with Crippen LogP contribution in [0.3, 0.4) is 0 Å². The highest BCUT2D eigenvalue weighted by Gasteiger charge is 2.00. The van der Waals surface area contributed by atoms with Crippen LogP contribution in [-0.4, -0.2) is 18.5 Å². The quantitative estimate of drug-likeness (QED) is 0.500. The molecular weight excluding hydrogens is 306 g/mol. The van der Waals surface area contributed by atoms with Gasteiger partial charge in [-0.15, -0.1) is 0 Å². The largest absolute Gasteiger partial charge is 0.494 e. The molecule has 0 saturated carbocycles. The molecule has 0 unspecified atom stereocenters. The Hall–Kier alpha value is -3.08. The average molecular weight is 325 g/mol. The molecule has 0 aliphatic carbocycles. The molecule has 5 nitrogen and oxygen atoms in total. The summed E-state index contributed by atoms with van der Waals surface area (Å²) in [6, 6.07) is 14.0. The van der Waals surface area contributed by atoms with Gasteiger partial charge in [0.1, 0.15) is 11.5 Å². The SMILES string of the molecule is CCOc1ccc(NC(=O)C=Cc2ccc(OC(C)=O)cc2)cc1. The van der Waals surface area contributed by atoms with E-state index in [0.717, 1.165) is 11.3 Å². The van der Waals surface area contributed by atoms with Crippen molar-refractivity contribution < 1.29 is 19.1 Å². The van der Waals surface area contributed by atoms with Gasteiger partial charge in [-0.2, -0.15) is 0 Å². The Bertz CT molecular complexity index is 718. The highest BCUT2D eigenvalue weighted by molar-refractivity contribution is 6.01. The maximum atomic E-state index is 11.9. The number of carbonyl (C=O) groups excluding carboxylic acids is 2. The number of esters is 1. The molecular formula is C19H19NO4. The number of ether oxygens (including phenoxy) is 2. The Labute approximate surface area is 140 Å². The van der Waals surface area contributed by atoms with Crippen molar-refractivity contribution in [3.05, 3.63) is 60.2 Å². The van der Waals surface area contributed by atoms with Crippen LogP contribution in [0.4, 0.5) is 5.69 Å². The van der Waals surface area contributed by atoms with Gasteiger partial charge in [0, 0.05) is 18.7 Å². The Morgan fingerprint density at radius 1 is 1.00 bits per heavy atom. The van der Waals surface area contributed by atoms with E-state index in [0.29, 0.717) is 18.0 Å². The third kappa shape index (κ3) is 5.61. The molecule has 0 heterocycles. The molecule has 2 rings (SSSR count). The minimum absolute atomic E-state index is 0.233. The van der Waals surface area contributed by atoms with Crippen molar-refractivity contribution in [2.45, 2.75) is 13.8 Å². The van der Waals surface area contributed by atoms with E-state index in [4.69, 9.17) is 9.47 Å². The zero-order chi connectivity index (χ0) is 17.4. The van der Waals surface area contributed by atoms with Crippen LogP contribution in [0.15, 0.2) is 54.6 Å². The number of nitrogens with one attached hydrogen (secondary N) is 1. The minimum Gasteiger partial charge on any atom is -0.494 e. The van der Waals surface area contributed by atoms with Gasteiger partial charge in [-0.05, 0) is 55.0 Å². The van der Waals surface area contributed by atoms with E-state index in [1.807, 2.05) is 6.92 Å². The summed E-state index contributed by atoms with van der Waals surface area (Å²) in [5, 5.41) is 2.77. The second-order valence-corrected chi connectivity index (χ2v) is 4.94. The first-order valence-electron chi connectivity index (χ1n) is 7.57. The van der Waals surface area contributed by atoms with Gasteiger partial charge < -0.3 is 14.8 Å². The standard InChI is InChI=1S/C19H19NO4/c1-3-23-17-11-7-16(8-12-17)20-19(22)13-6-15-4-9-18(10-5-15)24-14(2)21/h4-13H,3H2,1-2H3,(H,20,22). The zero-order valence-corrected chi connectivity index (χ0v) is 13.6. The smallest absolute Gasteiger partial charge is 0.308 e. The number of rotatable bonds is 6. The van der Waals surface area contributed by atoms with Gasteiger partial charge in [-0.3, -0.25) is 9.59 Å². The van der Waals surface area contributed by atoms with Crippen molar-refractivity contribution in [3.8, 4) is 11.5 Å². The van der Waals surface area contributed by atoms with Gasteiger partial charge in [0.05, 0.1) is 6.61 Å². The maximum Gasteiger partial charge on any atom is 0.308 e. The lowest BCUT2D eigenvalue weighted by Crippen LogP contribution is -2.07. The Balaban J connectivity index is 1.91. The number of amides is 1. The fraction of sp³-hybridized carbons (Fsp3) is 0.158. The molecule has 0 aliphatic rings. The van der Waals surface area contributed by atoms with Crippen LogP contribution in [0.5, 0.6) is 11.5 Å². The van der Waals surface area contributed by atoms with E-state index in [1.54, 1.807) is 54.6 Å². The van der Waals surface area contributed by atoms with Crippen LogP contribution in [-0.2, 0) is 9.59 Å². The molecule has 0 saturated heterocycles. The van der Waals surface area contributed by atoms with Crippen molar-refractivity contribution in [2.24, 2.45) is 0 Å². The predicted molar refractivity (Wildman–Crippen MR) is 93.0 cm³/mol. The fourth-order valence-electron chi connectivity index (χ4n) is 1.97. The van der Waals surface area contributed by atoms with E-state index >= 15 is 0 Å². The molecule has 2 aromatic rings. The molecule has 1 N–H and O–H groups in total. The van der Waals surface area contributed by atoms with Gasteiger partial charge in [0.25, 0.3) is 0 Å². The predicted octanol–water partition coefficient (Wildman–Crippen LogP) is 3.66. The van der Waals surface area contributed by atoms with Gasteiger partial charge >= 0.3 is 5.97 Å². The molecule has 24 heavy (non-hydrogen) atoms. The number of anilines is 1. The molecule has 0 atom stereocenters. The normalized spacial score (nSPS) is 10.4. The maximum absolute atomic E-state index is 11.9. The van der Waals surface area contributed by atoms with E-state index in [-0.39, 0.29) is 11.9 Å². The van der Waals surface area contributed by atoms with Crippen molar-refractivity contribution in [1.29, 1.82) is 0 Å². The summed E-state index contributed by atoms with van der Waals surface area (Å²) in [6.07, 6.45) is 3.12. The van der Waals surface area contributed by atoms with E-state index in [9.17, 15) is 9.59 Å². The second kappa shape index (κ2) is 8.53. The molecule has 0 spiro atoms. The van der Waals surface area contributed by atoms with Crippen LogP contribution in [0, 0.1) is 0 Å². The first-order chi connectivity index (χ1) is 11.6. The molecule has 0 radical (unpaired) electrons. The highest BCUT2D eigenvalue weighted by atomic mass is 16.5. The summed E-state index contributed by atoms with van der Waals surface area (Å²) in [5.41, 5.74) is 1.52. The van der Waals surface area contributed by atoms with Crippen molar-refractivity contribution in [2.75, 3.05) is 11.9 Å². The van der Waals surface area contributed by atoms with E-state index in [1.165, 1.54) is 13.0 Å². The third-order valence-electron chi connectivity index (χ3n) is 3.00. The molecule has 0 aromatic heterocycles. The topological polar surface area (TPSA) is 64.6 Å². The van der Waals surface area contributed by atoms with Gasteiger partial charge in [0.2, 0.25) is 5.91 Å². The van der Waals surface area contributed by atoms with E-state index in [2.05, 4.69) is 5.32 Å². The lowest BCUT2D eigenvalue weighted by atomic mass is 10.2. The van der Waals surface area contributed by atoms with Gasteiger partial charge in [-0.1, -0.05) is 12.1 Å². The average Bonchev–Trinajstić information content (AvgIpc) is 2.56. The van der Waals surface area contributed by atoms with Crippen LogP contribution >= 0.6 is 0 Å². The van der Waals surface area contributed by atoms with Crippen LogP contribution < -0.4 is 14.8 Å². The first kappa shape index (κ1) is 17.3. The molecule has 2 aromatic carbocycles. The third-order valence-corrected chi connectivity index (χ3v) is 3.00. The Morgan fingerprint density at radius 3 is 2.21 bits per heavy atom. The summed E-state index contributed by atoms with van der Waals surface area (Å²) in [7, 11) is 0. The second-order valence-electron chi connectivity index (χ2n) is 4.94. The minimum atomic E-state index is -0.368. The number of benzene rings is 2. The molecule has 0 fully saturated rings. The van der Waals surface area contributed by atoms with Gasteiger partial charge in [0.15, 0.2) is 0 Å². The molecule has 124 valence electrons. The number of hydrogen-bond acceptors (Lipinski definition) is 4. The fourth-order valence-corrected chi connectivity index (χ4v) is 1.97. The zero-order valence-electron chi connectivity index (χ0n) is 13.6. The van der Waals surface area contributed by atoms with Gasteiger partial charge in [-0.25, -0.2) is 0 Å². The lowest BCUT2D eigenvalue weighted by Gasteiger charge is -2.05. The van der Waals surface area contributed by atoms with E-state index < -0.39 is 0 Å². The van der Waals surface area contributed by atoms with Crippen LogP contribution in [0.1, 0.15) is 19.4 Å². The highest BCUT2D eigenvalue weighted by Crippen LogP contribution is 2.16. The summed E-state index contributed by atoms with van der Waals surface area (Å²) in [6.45, 7) is 3.86. The number of hydrogen-bond donors (Lipinski definition) is 1. The van der Waals surface area contributed by atoms with Crippen molar-refractivity contribution in [1.82, 2.24) is 0 Å². The van der Waals surface area contributed by atoms with Crippen molar-refractivity contribution in [3.63, 3.8) is 0 Å². The Kier molecular flexibility index (Phi) is 6.14. The number of carbonyl (C=O) groups is 2. The van der Waals surface area contributed by atoms with Crippen molar-refractivity contribution >= 4 is 23.6 Å². The summed E-state index contributed by atoms with van der Waals surface area (Å²) >= 11 is 0. The molecule has 0 bridgehead atoms. The monoisotopic (exact) mass is 325 g/mol. The summed E-state index contributed by atoms with van der Waals surface area (Å²) in [4.78, 5) is 22.8. The van der Waals surface area contributed by atoms with Crippen LogP contribution in [0.25, 0.3) is 6.08 Å². The molecule has 5 heteroatoms. The lowest BCUT2D eigenvalue weighted by molar-refractivity contribution is -0.131. The summed E-state index contributed by atoms with van der Waals surface area (Å²) in [5.74, 6) is 0.633. The Morgan fingerprint density at radius 2 is 1.62 bits per heavy atom. The summed E-state index contributed by atoms with van der Waals surface area (Å²) < 4.78 is 10.3. The van der Waals surface area contributed by atoms with Crippen LogP contribution in [0.2, 0.25) is 0 Å². The molecule has 0 aliphatic heterocycles. The first-order valence-corrected chi connectivity index (χ1v) is 7.57. The molecule has 1 amide bonds.